The van der Waals surface area contributed by atoms with Crippen molar-refractivity contribution >= 4 is 29.3 Å². The molecule has 1 fully saturated rings. The fourth-order valence-electron chi connectivity index (χ4n) is 3.32. The normalized spacial score (nSPS) is 16.1. The van der Waals surface area contributed by atoms with Gasteiger partial charge in [0, 0.05) is 25.0 Å². The number of anilines is 3. The van der Waals surface area contributed by atoms with E-state index in [1.807, 2.05) is 11.8 Å². The smallest absolute Gasteiger partial charge is 0.310 e. The van der Waals surface area contributed by atoms with E-state index in [-0.39, 0.29) is 23.3 Å². The number of hydrogen-bond acceptors (Lipinski definition) is 8. The number of nitrogens with two attached hydrogens (primary N) is 1. The van der Waals surface area contributed by atoms with Crippen LogP contribution in [0.3, 0.4) is 0 Å². The average molecular weight is 413 g/mol. The molecule has 0 spiro atoms. The van der Waals surface area contributed by atoms with E-state index in [0.717, 1.165) is 18.6 Å². The van der Waals surface area contributed by atoms with Gasteiger partial charge in [0.15, 0.2) is 0 Å². The number of nitrogen functional groups attached to an aromatic ring is 1. The van der Waals surface area contributed by atoms with Crippen LogP contribution >= 0.6 is 0 Å². The second kappa shape index (κ2) is 9.91. The van der Waals surface area contributed by atoms with Crippen LogP contribution in [0.15, 0.2) is 30.5 Å². The zero-order valence-corrected chi connectivity index (χ0v) is 17.3. The van der Waals surface area contributed by atoms with Crippen LogP contribution in [0.5, 0.6) is 5.75 Å². The van der Waals surface area contributed by atoms with E-state index in [2.05, 4.69) is 15.3 Å². The Morgan fingerprint density at radius 1 is 1.23 bits per heavy atom. The summed E-state index contributed by atoms with van der Waals surface area (Å²) in [5, 5.41) is 2.77. The Bertz CT molecular complexity index is 887. The second-order valence-electron chi connectivity index (χ2n) is 6.92. The summed E-state index contributed by atoms with van der Waals surface area (Å²) in [7, 11) is 0. The third-order valence-corrected chi connectivity index (χ3v) is 4.80. The number of nitrogens with one attached hydrogen (secondary N) is 1. The van der Waals surface area contributed by atoms with Crippen molar-refractivity contribution in [3.8, 4) is 5.75 Å². The van der Waals surface area contributed by atoms with Gasteiger partial charge < -0.3 is 25.4 Å². The van der Waals surface area contributed by atoms with Gasteiger partial charge >= 0.3 is 5.97 Å². The Morgan fingerprint density at radius 3 is 2.67 bits per heavy atom. The maximum atomic E-state index is 12.6. The molecular weight excluding hydrogens is 386 g/mol. The summed E-state index contributed by atoms with van der Waals surface area (Å²) in [5.41, 5.74) is 6.84. The number of aromatic nitrogens is 2. The Balaban J connectivity index is 1.67. The third kappa shape index (κ3) is 5.16. The number of rotatable bonds is 7. The highest BCUT2D eigenvalue weighted by molar-refractivity contribution is 6.07. The van der Waals surface area contributed by atoms with Crippen molar-refractivity contribution in [2.45, 2.75) is 26.7 Å². The molecule has 1 atom stereocenters. The zero-order valence-electron chi connectivity index (χ0n) is 17.3. The topological polar surface area (TPSA) is 120 Å². The largest absolute Gasteiger partial charge is 0.494 e. The minimum absolute atomic E-state index is 0.0849. The first-order valence-electron chi connectivity index (χ1n) is 10.1. The molecule has 1 aromatic heterocycles. The zero-order chi connectivity index (χ0) is 21.5. The highest BCUT2D eigenvalue weighted by atomic mass is 16.5. The van der Waals surface area contributed by atoms with Gasteiger partial charge in [0.2, 0.25) is 5.95 Å². The van der Waals surface area contributed by atoms with Crippen LogP contribution in [0.2, 0.25) is 0 Å². The molecule has 1 saturated heterocycles. The van der Waals surface area contributed by atoms with Crippen molar-refractivity contribution in [2.75, 3.05) is 42.3 Å². The number of amides is 1. The van der Waals surface area contributed by atoms with Crippen LogP contribution in [0, 0.1) is 5.92 Å². The molecular formula is C21H27N5O4. The Labute approximate surface area is 175 Å². The highest BCUT2D eigenvalue weighted by Crippen LogP contribution is 2.23. The number of ether oxygens (including phenoxy) is 2. The van der Waals surface area contributed by atoms with Gasteiger partial charge in [-0.25, -0.2) is 4.98 Å². The molecule has 160 valence electrons. The summed E-state index contributed by atoms with van der Waals surface area (Å²) in [6.45, 7) is 5.81. The van der Waals surface area contributed by atoms with Crippen molar-refractivity contribution in [1.29, 1.82) is 0 Å². The summed E-state index contributed by atoms with van der Waals surface area (Å²) in [6.07, 6.45) is 3.01. The molecule has 9 nitrogen and oxygen atoms in total. The van der Waals surface area contributed by atoms with Gasteiger partial charge in [-0.05, 0) is 51.0 Å². The van der Waals surface area contributed by atoms with E-state index in [1.165, 1.54) is 6.20 Å². The first-order valence-corrected chi connectivity index (χ1v) is 10.1. The van der Waals surface area contributed by atoms with Crippen LogP contribution in [0.1, 0.15) is 37.0 Å². The van der Waals surface area contributed by atoms with Crippen molar-refractivity contribution in [1.82, 2.24) is 9.97 Å². The average Bonchev–Trinajstić information content (AvgIpc) is 2.75. The Kier molecular flexibility index (Phi) is 7.05. The molecule has 0 radical (unpaired) electrons. The summed E-state index contributed by atoms with van der Waals surface area (Å²) in [6, 6.07) is 7.05. The molecule has 1 aliphatic rings. The molecule has 0 unspecified atom stereocenters. The molecule has 0 saturated carbocycles. The van der Waals surface area contributed by atoms with Gasteiger partial charge in [-0.3, -0.25) is 9.59 Å². The first kappa shape index (κ1) is 21.4. The molecule has 9 heteroatoms. The Hall–Kier alpha value is -3.36. The van der Waals surface area contributed by atoms with E-state index in [1.54, 1.807) is 31.2 Å². The van der Waals surface area contributed by atoms with Crippen LogP contribution in [0.4, 0.5) is 17.5 Å². The number of carbonyl (C=O) groups is 2. The number of nitrogens with zero attached hydrogens (tertiary/aromatic N) is 3. The van der Waals surface area contributed by atoms with Crippen LogP contribution < -0.4 is 20.7 Å². The van der Waals surface area contributed by atoms with Crippen LogP contribution in [-0.4, -0.2) is 48.1 Å². The fourth-order valence-corrected chi connectivity index (χ4v) is 3.32. The van der Waals surface area contributed by atoms with Gasteiger partial charge in [-0.15, -0.1) is 0 Å². The second-order valence-corrected chi connectivity index (χ2v) is 6.92. The molecule has 0 aliphatic carbocycles. The molecule has 30 heavy (non-hydrogen) atoms. The minimum atomic E-state index is -0.397. The van der Waals surface area contributed by atoms with Crippen molar-refractivity contribution in [3.05, 3.63) is 36.0 Å². The van der Waals surface area contributed by atoms with E-state index < -0.39 is 5.91 Å². The molecule has 1 amide bonds. The molecule has 1 aromatic carbocycles. The maximum absolute atomic E-state index is 12.6. The van der Waals surface area contributed by atoms with E-state index in [4.69, 9.17) is 15.2 Å². The maximum Gasteiger partial charge on any atom is 0.310 e. The lowest BCUT2D eigenvalue weighted by Crippen LogP contribution is -2.40. The fraction of sp³-hybridized carbons (Fsp3) is 0.429. The Morgan fingerprint density at radius 2 is 2.00 bits per heavy atom. The van der Waals surface area contributed by atoms with Gasteiger partial charge in [-0.2, -0.15) is 4.98 Å². The predicted octanol–water partition coefficient (Wildman–Crippen LogP) is 2.49. The van der Waals surface area contributed by atoms with Crippen molar-refractivity contribution in [2.24, 2.45) is 5.92 Å². The number of esters is 1. The predicted molar refractivity (Wildman–Crippen MR) is 114 cm³/mol. The summed E-state index contributed by atoms with van der Waals surface area (Å²) in [4.78, 5) is 35.1. The molecule has 0 bridgehead atoms. The molecule has 2 aromatic rings. The molecule has 3 N–H and O–H groups in total. The van der Waals surface area contributed by atoms with Crippen molar-refractivity contribution in [3.63, 3.8) is 0 Å². The number of carbonyl (C=O) groups excluding carboxylic acids is 2. The summed E-state index contributed by atoms with van der Waals surface area (Å²) < 4.78 is 10.5. The lowest BCUT2D eigenvalue weighted by Gasteiger charge is -2.31. The minimum Gasteiger partial charge on any atom is -0.494 e. The van der Waals surface area contributed by atoms with E-state index in [9.17, 15) is 9.59 Å². The highest BCUT2D eigenvalue weighted by Gasteiger charge is 2.28. The number of piperidine rings is 1. The first-order chi connectivity index (χ1) is 14.5. The van der Waals surface area contributed by atoms with Gasteiger partial charge in [-0.1, -0.05) is 0 Å². The molecule has 3 rings (SSSR count). The molecule has 2 heterocycles. The SMILES string of the molecule is CCOC(=O)[C@@H]1CCCN(c2ncc(C(=O)Nc3ccc(OCC)cc3)c(N)n2)C1. The van der Waals surface area contributed by atoms with E-state index in [0.29, 0.717) is 37.9 Å². The lowest BCUT2D eigenvalue weighted by molar-refractivity contribution is -0.148. The monoisotopic (exact) mass is 413 g/mol. The van der Waals surface area contributed by atoms with Crippen LogP contribution in [0.25, 0.3) is 0 Å². The van der Waals surface area contributed by atoms with E-state index >= 15 is 0 Å². The number of benzene rings is 1. The lowest BCUT2D eigenvalue weighted by atomic mass is 9.98. The molecule has 1 aliphatic heterocycles. The van der Waals surface area contributed by atoms with Gasteiger partial charge in [0.25, 0.3) is 5.91 Å². The van der Waals surface area contributed by atoms with Gasteiger partial charge in [0.1, 0.15) is 17.1 Å². The summed E-state index contributed by atoms with van der Waals surface area (Å²) >= 11 is 0. The third-order valence-electron chi connectivity index (χ3n) is 4.80. The number of hydrogen-bond donors (Lipinski definition) is 2. The quantitative estimate of drug-likeness (QED) is 0.665. The van der Waals surface area contributed by atoms with Crippen molar-refractivity contribution < 1.29 is 19.1 Å². The van der Waals surface area contributed by atoms with Gasteiger partial charge in [0.05, 0.1) is 19.1 Å². The van der Waals surface area contributed by atoms with Crippen LogP contribution in [-0.2, 0) is 9.53 Å². The summed E-state index contributed by atoms with van der Waals surface area (Å²) in [5.74, 6) is 0.394. The standard InChI is InChI=1S/C21H27N5O4/c1-3-29-16-9-7-15(8-10-16)24-19(27)17-12-23-21(25-18(17)22)26-11-5-6-14(13-26)20(28)30-4-2/h7-10,12,14H,3-6,11,13H2,1-2H3,(H,24,27)(H2,22,23,25)/t14-/m1/s1.